The molecule has 18 heavy (non-hydrogen) atoms. The first-order chi connectivity index (χ1) is 8.58. The Balaban J connectivity index is 1.93. The molecule has 2 aliphatic rings. The van der Waals surface area contributed by atoms with Crippen molar-refractivity contribution in [2.75, 3.05) is 11.6 Å². The zero-order valence-electron chi connectivity index (χ0n) is 11.7. The number of thioether (sulfide) groups is 1. The summed E-state index contributed by atoms with van der Waals surface area (Å²) in [6, 6.07) is 0.411. The first-order valence-corrected chi connectivity index (χ1v) is 8.35. The molecule has 0 aromatic rings. The van der Waals surface area contributed by atoms with E-state index in [1.807, 2.05) is 11.8 Å². The highest BCUT2D eigenvalue weighted by molar-refractivity contribution is 7.99. The fourth-order valence-electron chi connectivity index (χ4n) is 3.22. The fraction of sp³-hybridized carbons (Fsp3) is 0.929. The van der Waals surface area contributed by atoms with Crippen molar-refractivity contribution < 1.29 is 4.79 Å². The average molecular weight is 270 g/mol. The molecule has 4 unspecified atom stereocenters. The molecule has 2 fully saturated rings. The third-order valence-electron chi connectivity index (χ3n) is 4.38. The van der Waals surface area contributed by atoms with Gasteiger partial charge in [-0.3, -0.25) is 10.1 Å². The second-order valence-electron chi connectivity index (χ2n) is 6.21. The Kier molecular flexibility index (Phi) is 4.96. The quantitative estimate of drug-likeness (QED) is 0.826. The van der Waals surface area contributed by atoms with Crippen molar-refractivity contribution in [3.05, 3.63) is 0 Å². The molecule has 0 radical (unpaired) electrons. The lowest BCUT2D eigenvalue weighted by Crippen LogP contribution is -2.51. The van der Waals surface area contributed by atoms with Gasteiger partial charge >= 0.3 is 0 Å². The summed E-state index contributed by atoms with van der Waals surface area (Å²) in [7, 11) is 0. The van der Waals surface area contributed by atoms with Gasteiger partial charge in [0.2, 0.25) is 5.91 Å². The Morgan fingerprint density at radius 2 is 2.17 bits per heavy atom. The smallest absolute Gasteiger partial charge is 0.238 e. The molecule has 3 nitrogen and oxygen atoms in total. The molecule has 4 heteroatoms. The van der Waals surface area contributed by atoms with Crippen molar-refractivity contribution in [3.63, 3.8) is 0 Å². The maximum atomic E-state index is 12.2. The minimum atomic E-state index is 0.0278. The second kappa shape index (κ2) is 6.29. The number of carbonyl (C=O) groups is 1. The maximum absolute atomic E-state index is 12.2. The molecule has 1 heterocycles. The van der Waals surface area contributed by atoms with Crippen LogP contribution in [0.1, 0.15) is 40.0 Å². The third-order valence-corrected chi connectivity index (χ3v) is 5.32. The van der Waals surface area contributed by atoms with Gasteiger partial charge in [0.05, 0.1) is 6.04 Å². The first kappa shape index (κ1) is 14.2. The summed E-state index contributed by atoms with van der Waals surface area (Å²) >= 11 is 1.81. The summed E-state index contributed by atoms with van der Waals surface area (Å²) in [5.41, 5.74) is 0. The van der Waals surface area contributed by atoms with E-state index in [2.05, 4.69) is 31.4 Å². The van der Waals surface area contributed by atoms with Crippen LogP contribution in [0, 0.1) is 17.8 Å². The van der Waals surface area contributed by atoms with Gasteiger partial charge in [0, 0.05) is 17.7 Å². The third kappa shape index (κ3) is 3.41. The first-order valence-electron chi connectivity index (χ1n) is 7.19. The molecule has 0 aromatic carbocycles. The van der Waals surface area contributed by atoms with Gasteiger partial charge in [0.1, 0.15) is 0 Å². The average Bonchev–Trinajstić information content (AvgIpc) is 2.81. The van der Waals surface area contributed by atoms with E-state index in [1.165, 1.54) is 12.8 Å². The van der Waals surface area contributed by atoms with Crippen LogP contribution in [0.15, 0.2) is 0 Å². The second-order valence-corrected chi connectivity index (χ2v) is 7.24. The topological polar surface area (TPSA) is 41.1 Å². The predicted octanol–water partition coefficient (Wildman–Crippen LogP) is 2.23. The van der Waals surface area contributed by atoms with Crippen LogP contribution >= 0.6 is 11.8 Å². The van der Waals surface area contributed by atoms with E-state index in [1.54, 1.807) is 0 Å². The van der Waals surface area contributed by atoms with E-state index in [0.717, 1.165) is 24.0 Å². The highest BCUT2D eigenvalue weighted by Gasteiger charge is 2.33. The summed E-state index contributed by atoms with van der Waals surface area (Å²) in [6.07, 6.45) is 3.72. The molecule has 0 bridgehead atoms. The van der Waals surface area contributed by atoms with E-state index in [9.17, 15) is 4.79 Å². The summed E-state index contributed by atoms with van der Waals surface area (Å²) in [5.74, 6) is 4.10. The van der Waals surface area contributed by atoms with Crippen LogP contribution in [0.25, 0.3) is 0 Å². The molecule has 2 N–H and O–H groups in total. The molecule has 1 saturated heterocycles. The summed E-state index contributed by atoms with van der Waals surface area (Å²) in [5, 5.41) is 6.56. The lowest BCUT2D eigenvalue weighted by Gasteiger charge is -2.38. The van der Waals surface area contributed by atoms with Crippen LogP contribution in [0.2, 0.25) is 0 Å². The summed E-state index contributed by atoms with van der Waals surface area (Å²) < 4.78 is 0. The number of carbonyl (C=O) groups excluding carboxylic acids is 1. The standard InChI is InChI=1S/C14H26N2OS/c1-9(2)11-5-4-10(3)6-12(11)16-14(17)13-7-18-8-15-13/h9-13,15H,4-8H2,1-3H3,(H,16,17). The van der Waals surface area contributed by atoms with Crippen molar-refractivity contribution >= 4 is 17.7 Å². The van der Waals surface area contributed by atoms with Gasteiger partial charge in [-0.2, -0.15) is 0 Å². The minimum absolute atomic E-state index is 0.0278. The van der Waals surface area contributed by atoms with Crippen LogP contribution in [0.5, 0.6) is 0 Å². The maximum Gasteiger partial charge on any atom is 0.238 e. The Labute approximate surface area is 115 Å². The van der Waals surface area contributed by atoms with Crippen molar-refractivity contribution in [3.8, 4) is 0 Å². The van der Waals surface area contributed by atoms with Crippen molar-refractivity contribution in [1.82, 2.24) is 10.6 Å². The number of hydrogen-bond donors (Lipinski definition) is 2. The molecule has 1 saturated carbocycles. The molecule has 2 rings (SSSR count). The van der Waals surface area contributed by atoms with Crippen LogP contribution < -0.4 is 10.6 Å². The van der Waals surface area contributed by atoms with Crippen molar-refractivity contribution in [1.29, 1.82) is 0 Å². The van der Waals surface area contributed by atoms with Gasteiger partial charge in [-0.15, -0.1) is 11.8 Å². The largest absolute Gasteiger partial charge is 0.352 e. The molecule has 4 atom stereocenters. The van der Waals surface area contributed by atoms with Crippen molar-refractivity contribution in [2.45, 2.75) is 52.1 Å². The molecule has 1 aliphatic heterocycles. The normalized spacial score (nSPS) is 36.9. The zero-order valence-corrected chi connectivity index (χ0v) is 12.6. The molecule has 1 amide bonds. The van der Waals surface area contributed by atoms with Gasteiger partial charge in [0.25, 0.3) is 0 Å². The predicted molar refractivity (Wildman–Crippen MR) is 77.5 cm³/mol. The Morgan fingerprint density at radius 1 is 1.39 bits per heavy atom. The fourth-order valence-corrected chi connectivity index (χ4v) is 4.16. The number of hydrogen-bond acceptors (Lipinski definition) is 3. The van der Waals surface area contributed by atoms with Crippen LogP contribution in [0.4, 0.5) is 0 Å². The van der Waals surface area contributed by atoms with Gasteiger partial charge in [0.15, 0.2) is 0 Å². The summed E-state index contributed by atoms with van der Waals surface area (Å²) in [4.78, 5) is 12.2. The van der Waals surface area contributed by atoms with Crippen LogP contribution in [-0.4, -0.2) is 29.6 Å². The molecule has 1 aliphatic carbocycles. The molecule has 0 aromatic heterocycles. The monoisotopic (exact) mass is 270 g/mol. The highest BCUT2D eigenvalue weighted by Crippen LogP contribution is 2.33. The lowest BCUT2D eigenvalue weighted by atomic mass is 9.74. The molecule has 0 spiro atoms. The molecular weight excluding hydrogens is 244 g/mol. The lowest BCUT2D eigenvalue weighted by molar-refractivity contribution is -0.124. The van der Waals surface area contributed by atoms with E-state index in [-0.39, 0.29) is 11.9 Å². The van der Waals surface area contributed by atoms with Crippen LogP contribution in [-0.2, 0) is 4.79 Å². The van der Waals surface area contributed by atoms with E-state index in [0.29, 0.717) is 17.9 Å². The van der Waals surface area contributed by atoms with E-state index >= 15 is 0 Å². The van der Waals surface area contributed by atoms with Gasteiger partial charge in [-0.1, -0.05) is 27.2 Å². The van der Waals surface area contributed by atoms with Crippen molar-refractivity contribution in [2.24, 2.45) is 17.8 Å². The van der Waals surface area contributed by atoms with Gasteiger partial charge in [-0.25, -0.2) is 0 Å². The Bertz CT molecular complexity index is 290. The Hall–Kier alpha value is -0.220. The Morgan fingerprint density at radius 3 is 2.78 bits per heavy atom. The minimum Gasteiger partial charge on any atom is -0.352 e. The van der Waals surface area contributed by atoms with E-state index < -0.39 is 0 Å². The van der Waals surface area contributed by atoms with E-state index in [4.69, 9.17) is 0 Å². The number of amides is 1. The summed E-state index contributed by atoms with van der Waals surface area (Å²) in [6.45, 7) is 6.87. The number of rotatable bonds is 3. The highest BCUT2D eigenvalue weighted by atomic mass is 32.2. The molecular formula is C14H26N2OS. The van der Waals surface area contributed by atoms with Gasteiger partial charge in [-0.05, 0) is 30.6 Å². The van der Waals surface area contributed by atoms with Gasteiger partial charge < -0.3 is 5.32 Å². The zero-order chi connectivity index (χ0) is 13.1. The number of nitrogens with one attached hydrogen (secondary N) is 2. The van der Waals surface area contributed by atoms with Crippen LogP contribution in [0.3, 0.4) is 0 Å². The molecule has 104 valence electrons. The SMILES string of the molecule is CC1CCC(C(C)C)C(NC(=O)C2CSCN2)C1.